The van der Waals surface area contributed by atoms with Gasteiger partial charge in [0.25, 0.3) is 5.97 Å². The number of carboxylic acid groups (broad SMARTS) is 1. The van der Waals surface area contributed by atoms with Crippen molar-refractivity contribution in [1.29, 1.82) is 0 Å². The number of primary amides is 1. The van der Waals surface area contributed by atoms with Gasteiger partial charge in [-0.2, -0.15) is 12.6 Å². The quantitative estimate of drug-likeness (QED) is 0.499. The van der Waals surface area contributed by atoms with E-state index in [-0.39, 0.29) is 5.91 Å². The van der Waals surface area contributed by atoms with Crippen LogP contribution in [0.2, 0.25) is 0 Å². The summed E-state index contributed by atoms with van der Waals surface area (Å²) >= 11 is 3.76. The van der Waals surface area contributed by atoms with Gasteiger partial charge in [0.1, 0.15) is 0 Å². The van der Waals surface area contributed by atoms with Crippen molar-refractivity contribution < 1.29 is 14.7 Å². The Kier molecular flexibility index (Phi) is 9.96. The number of carbonyl (C=O) groups is 2. The highest BCUT2D eigenvalue weighted by molar-refractivity contribution is 7.80. The number of amides is 1. The minimum atomic E-state index is -0.833. The smallest absolute Gasteiger partial charge is 0.300 e. The molecular formula is C5H11NO3S. The number of rotatable bonds is 2. The third-order valence-corrected chi connectivity index (χ3v) is 0.582. The number of hydrogen-bond acceptors (Lipinski definition) is 3. The summed E-state index contributed by atoms with van der Waals surface area (Å²) in [5.74, 6) is -0.569. The van der Waals surface area contributed by atoms with Gasteiger partial charge in [-0.3, -0.25) is 9.59 Å². The number of hydrogen-bond donors (Lipinski definition) is 3. The van der Waals surface area contributed by atoms with Gasteiger partial charge in [-0.05, 0) is 5.75 Å². The average Bonchev–Trinajstić information content (AvgIpc) is 1.62. The summed E-state index contributed by atoms with van der Waals surface area (Å²) < 4.78 is 0. The van der Waals surface area contributed by atoms with Crippen LogP contribution >= 0.6 is 12.6 Å². The third-order valence-electron chi connectivity index (χ3n) is 0.358. The lowest BCUT2D eigenvalue weighted by molar-refractivity contribution is -0.134. The molecule has 3 N–H and O–H groups in total. The Bertz CT molecular complexity index is 111. The summed E-state index contributed by atoms with van der Waals surface area (Å²) in [6.07, 6.45) is 0.378. The van der Waals surface area contributed by atoms with E-state index in [1.165, 1.54) is 0 Å². The fraction of sp³-hybridized carbons (Fsp3) is 0.600. The molecule has 5 heteroatoms. The van der Waals surface area contributed by atoms with Crippen LogP contribution in [0.25, 0.3) is 0 Å². The van der Waals surface area contributed by atoms with E-state index in [0.717, 1.165) is 6.92 Å². The summed E-state index contributed by atoms with van der Waals surface area (Å²) in [6, 6.07) is 0. The molecule has 0 heterocycles. The van der Waals surface area contributed by atoms with Crippen LogP contribution < -0.4 is 5.73 Å². The van der Waals surface area contributed by atoms with Crippen molar-refractivity contribution in [3.05, 3.63) is 0 Å². The Balaban J connectivity index is 0. The lowest BCUT2D eigenvalue weighted by Crippen LogP contribution is -2.09. The molecule has 0 rings (SSSR count). The second kappa shape index (κ2) is 8.29. The second-order valence-electron chi connectivity index (χ2n) is 1.46. The lowest BCUT2D eigenvalue weighted by atomic mass is 10.5. The number of aliphatic carboxylic acids is 1. The van der Waals surface area contributed by atoms with Crippen LogP contribution in [0.3, 0.4) is 0 Å². The van der Waals surface area contributed by atoms with Crippen LogP contribution in [0, 0.1) is 0 Å². The third kappa shape index (κ3) is 55.0. The molecule has 1 amide bonds. The monoisotopic (exact) mass is 165 g/mol. The lowest BCUT2D eigenvalue weighted by Gasteiger charge is -1.80. The number of thiol groups is 1. The van der Waals surface area contributed by atoms with E-state index in [0.29, 0.717) is 12.2 Å². The predicted molar refractivity (Wildman–Crippen MR) is 41.0 cm³/mol. The normalized spacial score (nSPS) is 7.40. The van der Waals surface area contributed by atoms with Crippen LogP contribution in [-0.2, 0) is 9.59 Å². The standard InChI is InChI=1S/C3H7NOS.C2H4O2/c4-3(5)1-2-6;1-2(3)4/h6H,1-2H2,(H2,4,5);1H3,(H,3,4). The molecule has 0 aliphatic carbocycles. The van der Waals surface area contributed by atoms with Gasteiger partial charge in [0, 0.05) is 13.3 Å². The molecule has 0 aromatic heterocycles. The molecule has 0 aromatic carbocycles. The van der Waals surface area contributed by atoms with Crippen LogP contribution in [0.1, 0.15) is 13.3 Å². The van der Waals surface area contributed by atoms with Crippen LogP contribution in [0.15, 0.2) is 0 Å². The molecule has 0 aliphatic heterocycles. The molecule has 0 aliphatic rings. The zero-order valence-corrected chi connectivity index (χ0v) is 6.60. The van der Waals surface area contributed by atoms with Gasteiger partial charge in [0.05, 0.1) is 0 Å². The SMILES string of the molecule is CC(=O)O.NC(=O)CCS. The van der Waals surface area contributed by atoms with E-state index in [1.54, 1.807) is 0 Å². The van der Waals surface area contributed by atoms with Gasteiger partial charge in [-0.25, -0.2) is 0 Å². The van der Waals surface area contributed by atoms with E-state index in [4.69, 9.17) is 15.6 Å². The maximum absolute atomic E-state index is 9.77. The average molecular weight is 165 g/mol. The van der Waals surface area contributed by atoms with Crippen molar-refractivity contribution in [2.45, 2.75) is 13.3 Å². The molecule has 0 saturated heterocycles. The Morgan fingerprint density at radius 2 is 1.90 bits per heavy atom. The van der Waals surface area contributed by atoms with Crippen molar-refractivity contribution >= 4 is 24.5 Å². The first-order valence-electron chi connectivity index (χ1n) is 2.59. The van der Waals surface area contributed by atoms with E-state index >= 15 is 0 Å². The zero-order chi connectivity index (χ0) is 8.57. The molecule has 0 fully saturated rings. The topological polar surface area (TPSA) is 80.4 Å². The fourth-order valence-electron chi connectivity index (χ4n) is 0.110. The number of nitrogens with two attached hydrogens (primary N) is 1. The maximum atomic E-state index is 9.77. The highest BCUT2D eigenvalue weighted by atomic mass is 32.1. The summed E-state index contributed by atoms with van der Waals surface area (Å²) in [7, 11) is 0. The Morgan fingerprint density at radius 1 is 1.60 bits per heavy atom. The summed E-state index contributed by atoms with van der Waals surface area (Å²) in [6.45, 7) is 1.08. The Labute approximate surface area is 64.8 Å². The molecule has 0 radical (unpaired) electrons. The largest absolute Gasteiger partial charge is 0.481 e. The Hall–Kier alpha value is -0.710. The number of carboxylic acids is 1. The van der Waals surface area contributed by atoms with E-state index in [9.17, 15) is 4.79 Å². The first kappa shape index (κ1) is 12.0. The second-order valence-corrected chi connectivity index (χ2v) is 1.91. The van der Waals surface area contributed by atoms with Crippen molar-refractivity contribution in [2.24, 2.45) is 5.73 Å². The van der Waals surface area contributed by atoms with Crippen molar-refractivity contribution in [3.63, 3.8) is 0 Å². The zero-order valence-electron chi connectivity index (χ0n) is 5.70. The van der Waals surface area contributed by atoms with Gasteiger partial charge in [-0.15, -0.1) is 0 Å². The highest BCUT2D eigenvalue weighted by Crippen LogP contribution is 1.77. The van der Waals surface area contributed by atoms with E-state index in [1.807, 2.05) is 0 Å². The molecule has 0 saturated carbocycles. The van der Waals surface area contributed by atoms with Crippen LogP contribution in [0.4, 0.5) is 0 Å². The predicted octanol–water partition coefficient (Wildman–Crippen LogP) is -0.117. The number of carbonyl (C=O) groups excluding carboxylic acids is 1. The molecule has 0 spiro atoms. The molecule has 0 aromatic rings. The molecule has 0 atom stereocenters. The fourth-order valence-corrected chi connectivity index (χ4v) is 0.331. The molecule has 10 heavy (non-hydrogen) atoms. The Morgan fingerprint density at radius 3 is 1.90 bits per heavy atom. The van der Waals surface area contributed by atoms with Crippen LogP contribution in [0.5, 0.6) is 0 Å². The van der Waals surface area contributed by atoms with Gasteiger partial charge < -0.3 is 10.8 Å². The molecular weight excluding hydrogens is 154 g/mol. The van der Waals surface area contributed by atoms with Crippen molar-refractivity contribution in [2.75, 3.05) is 5.75 Å². The summed E-state index contributed by atoms with van der Waals surface area (Å²) in [5.41, 5.74) is 4.72. The molecule has 4 nitrogen and oxygen atoms in total. The van der Waals surface area contributed by atoms with Gasteiger partial charge in [0.2, 0.25) is 5.91 Å². The minimum Gasteiger partial charge on any atom is -0.481 e. The summed E-state index contributed by atoms with van der Waals surface area (Å²) in [5, 5.41) is 7.42. The van der Waals surface area contributed by atoms with Gasteiger partial charge >= 0.3 is 0 Å². The minimum absolute atomic E-state index is 0.287. The first-order valence-corrected chi connectivity index (χ1v) is 3.22. The summed E-state index contributed by atoms with van der Waals surface area (Å²) in [4.78, 5) is 18.8. The molecule has 60 valence electrons. The highest BCUT2D eigenvalue weighted by Gasteiger charge is 1.85. The van der Waals surface area contributed by atoms with Gasteiger partial charge in [0.15, 0.2) is 0 Å². The van der Waals surface area contributed by atoms with Gasteiger partial charge in [-0.1, -0.05) is 0 Å². The maximum Gasteiger partial charge on any atom is 0.300 e. The first-order chi connectivity index (χ1) is 4.50. The van der Waals surface area contributed by atoms with Crippen LogP contribution in [-0.4, -0.2) is 22.7 Å². The van der Waals surface area contributed by atoms with E-state index in [2.05, 4.69) is 12.6 Å². The van der Waals surface area contributed by atoms with Crippen molar-refractivity contribution in [3.8, 4) is 0 Å². The molecule has 0 unspecified atom stereocenters. The van der Waals surface area contributed by atoms with E-state index < -0.39 is 5.97 Å². The molecule has 0 bridgehead atoms. The van der Waals surface area contributed by atoms with Crippen molar-refractivity contribution in [1.82, 2.24) is 0 Å².